The third-order valence-corrected chi connectivity index (χ3v) is 3.80. The molecule has 0 aliphatic heterocycles. The molecule has 1 amide bonds. The number of carbonyl (C=O) groups is 1. The molecule has 0 saturated heterocycles. The lowest BCUT2D eigenvalue weighted by molar-refractivity contribution is -0.120. The van der Waals surface area contributed by atoms with Crippen LogP contribution in [-0.2, 0) is 17.8 Å². The summed E-state index contributed by atoms with van der Waals surface area (Å²) in [7, 11) is 0. The molecule has 1 N–H and O–H groups in total. The van der Waals surface area contributed by atoms with Gasteiger partial charge in [0.05, 0.1) is 12.1 Å². The molecule has 0 unspecified atom stereocenters. The third kappa shape index (κ3) is 3.65. The average molecular weight is 324 g/mol. The van der Waals surface area contributed by atoms with Gasteiger partial charge in [0, 0.05) is 6.54 Å². The van der Waals surface area contributed by atoms with Crippen molar-refractivity contribution in [2.45, 2.75) is 19.9 Å². The smallest absolute Gasteiger partial charge is 0.224 e. The first-order chi connectivity index (χ1) is 11.6. The maximum absolute atomic E-state index is 13.3. The highest BCUT2D eigenvalue weighted by molar-refractivity contribution is 5.79. The number of hydrogen-bond donors (Lipinski definition) is 1. The van der Waals surface area contributed by atoms with E-state index < -0.39 is 0 Å². The molecule has 0 radical (unpaired) electrons. The standard InChI is InChI=1S/C18H17FN4O/c1-13-6-7-16(19)8-15(13)9-18(24)21-10-14-4-2-3-5-17(14)23-12-20-11-22-23/h2-8,11-12H,9-10H2,1H3,(H,21,24). The Balaban J connectivity index is 1.68. The summed E-state index contributed by atoms with van der Waals surface area (Å²) in [5.74, 6) is -0.489. The summed E-state index contributed by atoms with van der Waals surface area (Å²) in [6.45, 7) is 2.23. The molecule has 1 aromatic heterocycles. The Labute approximate surface area is 139 Å². The normalized spacial score (nSPS) is 10.6. The van der Waals surface area contributed by atoms with Crippen molar-refractivity contribution in [2.24, 2.45) is 0 Å². The fourth-order valence-electron chi connectivity index (χ4n) is 2.48. The molecule has 2 aromatic carbocycles. The molecule has 122 valence electrons. The summed E-state index contributed by atoms with van der Waals surface area (Å²) >= 11 is 0. The first kappa shape index (κ1) is 15.9. The molecule has 0 aliphatic carbocycles. The van der Waals surface area contributed by atoms with Crippen LogP contribution in [0.4, 0.5) is 4.39 Å². The fraction of sp³-hybridized carbons (Fsp3) is 0.167. The number of nitrogens with zero attached hydrogens (tertiary/aromatic N) is 3. The van der Waals surface area contributed by atoms with Crippen LogP contribution in [0.2, 0.25) is 0 Å². The van der Waals surface area contributed by atoms with E-state index in [1.54, 1.807) is 17.1 Å². The summed E-state index contributed by atoms with van der Waals surface area (Å²) < 4.78 is 15.0. The summed E-state index contributed by atoms with van der Waals surface area (Å²) in [5, 5.41) is 6.99. The highest BCUT2D eigenvalue weighted by Crippen LogP contribution is 2.14. The van der Waals surface area contributed by atoms with Gasteiger partial charge in [-0.3, -0.25) is 4.79 Å². The number of aryl methyl sites for hydroxylation is 1. The third-order valence-electron chi connectivity index (χ3n) is 3.80. The van der Waals surface area contributed by atoms with E-state index in [0.717, 1.165) is 16.8 Å². The van der Waals surface area contributed by atoms with Crippen LogP contribution in [0.3, 0.4) is 0 Å². The van der Waals surface area contributed by atoms with Crippen LogP contribution in [0, 0.1) is 12.7 Å². The van der Waals surface area contributed by atoms with Gasteiger partial charge in [0.15, 0.2) is 0 Å². The van der Waals surface area contributed by atoms with Crippen molar-refractivity contribution in [3.63, 3.8) is 0 Å². The molecule has 0 saturated carbocycles. The Bertz CT molecular complexity index is 846. The molecule has 1 heterocycles. The zero-order valence-corrected chi connectivity index (χ0v) is 13.2. The van der Waals surface area contributed by atoms with Crippen LogP contribution in [0.25, 0.3) is 5.69 Å². The minimum atomic E-state index is -0.333. The van der Waals surface area contributed by atoms with Gasteiger partial charge in [0.2, 0.25) is 5.91 Å². The topological polar surface area (TPSA) is 59.8 Å². The van der Waals surface area contributed by atoms with Crippen LogP contribution in [-0.4, -0.2) is 20.7 Å². The predicted molar refractivity (Wildman–Crippen MR) is 88.0 cm³/mol. The van der Waals surface area contributed by atoms with E-state index in [4.69, 9.17) is 0 Å². The molecule has 6 heteroatoms. The molecule has 0 atom stereocenters. The molecule has 3 aromatic rings. The molecule has 3 rings (SSSR count). The van der Waals surface area contributed by atoms with Crippen molar-refractivity contribution < 1.29 is 9.18 Å². The number of benzene rings is 2. The minimum absolute atomic E-state index is 0.148. The Morgan fingerprint density at radius 2 is 2.04 bits per heavy atom. The molecule has 0 spiro atoms. The van der Waals surface area contributed by atoms with Crippen LogP contribution >= 0.6 is 0 Å². The monoisotopic (exact) mass is 324 g/mol. The summed E-state index contributed by atoms with van der Waals surface area (Å²) in [4.78, 5) is 16.1. The van der Waals surface area contributed by atoms with Crippen LogP contribution in [0.1, 0.15) is 16.7 Å². The van der Waals surface area contributed by atoms with E-state index in [2.05, 4.69) is 15.4 Å². The second-order valence-corrected chi connectivity index (χ2v) is 5.49. The fourth-order valence-corrected chi connectivity index (χ4v) is 2.48. The second-order valence-electron chi connectivity index (χ2n) is 5.49. The van der Waals surface area contributed by atoms with E-state index in [-0.39, 0.29) is 18.1 Å². The van der Waals surface area contributed by atoms with Gasteiger partial charge >= 0.3 is 0 Å². The minimum Gasteiger partial charge on any atom is -0.352 e. The zero-order valence-electron chi connectivity index (χ0n) is 13.2. The van der Waals surface area contributed by atoms with Crippen LogP contribution in [0.15, 0.2) is 55.1 Å². The van der Waals surface area contributed by atoms with Gasteiger partial charge in [0.1, 0.15) is 18.5 Å². The second kappa shape index (κ2) is 7.04. The van der Waals surface area contributed by atoms with Gasteiger partial charge in [-0.2, -0.15) is 5.10 Å². The number of hydrogen-bond acceptors (Lipinski definition) is 3. The van der Waals surface area contributed by atoms with E-state index in [9.17, 15) is 9.18 Å². The van der Waals surface area contributed by atoms with Crippen molar-refractivity contribution in [3.8, 4) is 5.69 Å². The molecular formula is C18H17FN4O. The Morgan fingerprint density at radius 3 is 2.83 bits per heavy atom. The first-order valence-corrected chi connectivity index (χ1v) is 7.58. The number of aromatic nitrogens is 3. The van der Waals surface area contributed by atoms with Crippen molar-refractivity contribution in [1.29, 1.82) is 0 Å². The predicted octanol–water partition coefficient (Wildman–Crippen LogP) is 2.57. The van der Waals surface area contributed by atoms with Crippen LogP contribution in [0.5, 0.6) is 0 Å². The lowest BCUT2D eigenvalue weighted by Crippen LogP contribution is -2.25. The lowest BCUT2D eigenvalue weighted by Gasteiger charge is -2.11. The van der Waals surface area contributed by atoms with Gasteiger partial charge in [0.25, 0.3) is 0 Å². The number of nitrogens with one attached hydrogen (secondary N) is 1. The van der Waals surface area contributed by atoms with E-state index in [0.29, 0.717) is 12.1 Å². The Kier molecular flexibility index (Phi) is 4.65. The summed E-state index contributed by atoms with van der Waals surface area (Å²) in [6, 6.07) is 12.1. The number of rotatable bonds is 5. The molecular weight excluding hydrogens is 307 g/mol. The Morgan fingerprint density at radius 1 is 1.21 bits per heavy atom. The van der Waals surface area contributed by atoms with Gasteiger partial charge in [-0.1, -0.05) is 24.3 Å². The summed E-state index contributed by atoms with van der Waals surface area (Å²) in [6.07, 6.45) is 3.22. The molecule has 0 bridgehead atoms. The SMILES string of the molecule is Cc1ccc(F)cc1CC(=O)NCc1ccccc1-n1cncn1. The maximum atomic E-state index is 13.3. The average Bonchev–Trinajstić information content (AvgIpc) is 3.11. The Hall–Kier alpha value is -3.02. The maximum Gasteiger partial charge on any atom is 0.224 e. The van der Waals surface area contributed by atoms with E-state index >= 15 is 0 Å². The molecule has 0 aliphatic rings. The van der Waals surface area contributed by atoms with Gasteiger partial charge in [-0.05, 0) is 41.8 Å². The number of carbonyl (C=O) groups excluding carboxylic acids is 1. The van der Waals surface area contributed by atoms with Crippen molar-refractivity contribution in [3.05, 3.63) is 77.6 Å². The molecule has 5 nitrogen and oxygen atoms in total. The van der Waals surface area contributed by atoms with Crippen molar-refractivity contribution in [1.82, 2.24) is 20.1 Å². The highest BCUT2D eigenvalue weighted by atomic mass is 19.1. The highest BCUT2D eigenvalue weighted by Gasteiger charge is 2.09. The van der Waals surface area contributed by atoms with E-state index in [1.807, 2.05) is 31.2 Å². The number of halogens is 1. The quantitative estimate of drug-likeness (QED) is 0.785. The number of amides is 1. The number of para-hydroxylation sites is 1. The zero-order chi connectivity index (χ0) is 16.9. The van der Waals surface area contributed by atoms with E-state index in [1.165, 1.54) is 18.5 Å². The molecule has 0 fully saturated rings. The summed E-state index contributed by atoms with van der Waals surface area (Å²) in [5.41, 5.74) is 3.37. The van der Waals surface area contributed by atoms with Gasteiger partial charge in [-0.25, -0.2) is 14.1 Å². The largest absolute Gasteiger partial charge is 0.352 e. The van der Waals surface area contributed by atoms with Gasteiger partial charge in [-0.15, -0.1) is 0 Å². The first-order valence-electron chi connectivity index (χ1n) is 7.58. The van der Waals surface area contributed by atoms with Crippen molar-refractivity contribution >= 4 is 5.91 Å². The van der Waals surface area contributed by atoms with Crippen molar-refractivity contribution in [2.75, 3.05) is 0 Å². The van der Waals surface area contributed by atoms with Gasteiger partial charge < -0.3 is 5.32 Å². The molecule has 24 heavy (non-hydrogen) atoms. The lowest BCUT2D eigenvalue weighted by atomic mass is 10.1. The van der Waals surface area contributed by atoms with Crippen LogP contribution < -0.4 is 5.32 Å².